The molecule has 5 nitrogen and oxygen atoms in total. The molecule has 0 aromatic carbocycles. The van der Waals surface area contributed by atoms with E-state index in [-0.39, 0.29) is 5.92 Å². The summed E-state index contributed by atoms with van der Waals surface area (Å²) < 4.78 is 0. The molecule has 1 aromatic rings. The zero-order valence-corrected chi connectivity index (χ0v) is 8.84. The number of rotatable bonds is 5. The van der Waals surface area contributed by atoms with Gasteiger partial charge in [-0.25, -0.2) is 0 Å². The normalized spacial score (nSPS) is 12.7. The molecule has 0 fully saturated rings. The second-order valence-corrected chi connectivity index (χ2v) is 3.66. The first kappa shape index (κ1) is 11.6. The summed E-state index contributed by atoms with van der Waals surface area (Å²) in [5.74, 6) is -0.798. The second kappa shape index (κ2) is 5.41. The fraction of sp³-hybridized carbons (Fsp3) is 0.500. The Labute approximate surface area is 88.5 Å². The van der Waals surface area contributed by atoms with Gasteiger partial charge >= 0.3 is 5.97 Å². The van der Waals surface area contributed by atoms with Crippen LogP contribution in [0.3, 0.4) is 0 Å². The Morgan fingerprint density at radius 2 is 2.33 bits per heavy atom. The summed E-state index contributed by atoms with van der Waals surface area (Å²) in [5, 5.41) is 19.4. The molecule has 0 amide bonds. The van der Waals surface area contributed by atoms with Crippen molar-refractivity contribution in [2.45, 2.75) is 26.4 Å². The summed E-state index contributed by atoms with van der Waals surface area (Å²) in [6, 6.07) is 3.03. The van der Waals surface area contributed by atoms with Gasteiger partial charge < -0.3 is 5.11 Å². The zero-order valence-electron chi connectivity index (χ0n) is 8.84. The van der Waals surface area contributed by atoms with Gasteiger partial charge in [-0.1, -0.05) is 13.8 Å². The van der Waals surface area contributed by atoms with Crippen LogP contribution in [0.15, 0.2) is 18.3 Å². The highest BCUT2D eigenvalue weighted by molar-refractivity contribution is 5.73. The van der Waals surface area contributed by atoms with Crippen LogP contribution in [0.2, 0.25) is 0 Å². The monoisotopic (exact) mass is 209 g/mol. The van der Waals surface area contributed by atoms with Gasteiger partial charge in [0.2, 0.25) is 0 Å². The molecule has 1 heterocycles. The number of carboxylic acids is 1. The molecule has 0 spiro atoms. The van der Waals surface area contributed by atoms with E-state index in [1.165, 1.54) is 0 Å². The van der Waals surface area contributed by atoms with Gasteiger partial charge in [0.05, 0.1) is 5.69 Å². The summed E-state index contributed by atoms with van der Waals surface area (Å²) in [6.45, 7) is 4.15. The molecule has 0 saturated heterocycles. The Bertz CT molecular complexity index is 314. The highest BCUT2D eigenvalue weighted by Gasteiger charge is 2.20. The van der Waals surface area contributed by atoms with Gasteiger partial charge in [-0.3, -0.25) is 10.1 Å². The van der Waals surface area contributed by atoms with Crippen LogP contribution in [0, 0.1) is 5.92 Å². The maximum atomic E-state index is 10.9. The molecular formula is C10H15N3O2. The zero-order chi connectivity index (χ0) is 11.3. The van der Waals surface area contributed by atoms with E-state index in [9.17, 15) is 4.79 Å². The van der Waals surface area contributed by atoms with E-state index in [2.05, 4.69) is 15.5 Å². The number of aromatic nitrogens is 2. The number of nitrogens with zero attached hydrogens (tertiary/aromatic N) is 2. The Morgan fingerprint density at radius 1 is 1.60 bits per heavy atom. The first-order valence-corrected chi connectivity index (χ1v) is 4.84. The molecule has 0 aliphatic carbocycles. The first-order valence-electron chi connectivity index (χ1n) is 4.84. The Balaban J connectivity index is 2.51. The van der Waals surface area contributed by atoms with E-state index in [1.54, 1.807) is 18.3 Å². The smallest absolute Gasteiger partial charge is 0.320 e. The molecule has 82 valence electrons. The first-order chi connectivity index (χ1) is 7.11. The van der Waals surface area contributed by atoms with E-state index < -0.39 is 12.0 Å². The van der Waals surface area contributed by atoms with Crippen LogP contribution in [0.5, 0.6) is 0 Å². The van der Waals surface area contributed by atoms with E-state index in [1.807, 2.05) is 13.8 Å². The number of nitrogens with one attached hydrogen (secondary N) is 1. The number of hydrogen-bond acceptors (Lipinski definition) is 4. The SMILES string of the molecule is CC(C)C(NCc1cccnn1)C(=O)O. The van der Waals surface area contributed by atoms with Gasteiger partial charge in [-0.15, -0.1) is 0 Å². The van der Waals surface area contributed by atoms with Gasteiger partial charge in [-0.2, -0.15) is 10.2 Å². The van der Waals surface area contributed by atoms with Crippen molar-refractivity contribution in [3.8, 4) is 0 Å². The van der Waals surface area contributed by atoms with Gasteiger partial charge in [0, 0.05) is 12.7 Å². The van der Waals surface area contributed by atoms with Crippen molar-refractivity contribution >= 4 is 5.97 Å². The van der Waals surface area contributed by atoms with E-state index >= 15 is 0 Å². The van der Waals surface area contributed by atoms with Gasteiger partial charge in [0.15, 0.2) is 0 Å². The summed E-state index contributed by atoms with van der Waals surface area (Å²) in [7, 11) is 0. The largest absolute Gasteiger partial charge is 0.480 e. The predicted molar refractivity (Wildman–Crippen MR) is 55.1 cm³/mol. The molecule has 1 aromatic heterocycles. The molecule has 1 atom stereocenters. The number of aliphatic carboxylic acids is 1. The highest BCUT2D eigenvalue weighted by atomic mass is 16.4. The minimum Gasteiger partial charge on any atom is -0.480 e. The van der Waals surface area contributed by atoms with Crippen LogP contribution in [0.4, 0.5) is 0 Å². The molecule has 15 heavy (non-hydrogen) atoms. The summed E-state index contributed by atoms with van der Waals surface area (Å²) in [5.41, 5.74) is 0.740. The Hall–Kier alpha value is -1.49. The van der Waals surface area contributed by atoms with Crippen LogP contribution in [-0.2, 0) is 11.3 Å². The average molecular weight is 209 g/mol. The van der Waals surface area contributed by atoms with Gasteiger partial charge in [0.1, 0.15) is 6.04 Å². The van der Waals surface area contributed by atoms with Crippen LogP contribution in [-0.4, -0.2) is 27.3 Å². The molecule has 0 aliphatic rings. The number of hydrogen-bond donors (Lipinski definition) is 2. The lowest BCUT2D eigenvalue weighted by Gasteiger charge is -2.17. The number of carboxylic acid groups (broad SMARTS) is 1. The fourth-order valence-electron chi connectivity index (χ4n) is 1.25. The van der Waals surface area contributed by atoms with Crippen molar-refractivity contribution in [3.63, 3.8) is 0 Å². The maximum Gasteiger partial charge on any atom is 0.320 e. The Morgan fingerprint density at radius 3 is 2.80 bits per heavy atom. The van der Waals surface area contributed by atoms with Crippen LogP contribution in [0.25, 0.3) is 0 Å². The molecular weight excluding hydrogens is 194 g/mol. The fourth-order valence-corrected chi connectivity index (χ4v) is 1.25. The molecule has 0 aliphatic heterocycles. The third-order valence-electron chi connectivity index (χ3n) is 2.06. The summed E-state index contributed by atoms with van der Waals surface area (Å²) in [6.07, 6.45) is 1.58. The number of carbonyl (C=O) groups is 1. The van der Waals surface area contributed by atoms with Crippen LogP contribution < -0.4 is 5.32 Å². The minimum atomic E-state index is -0.839. The topological polar surface area (TPSA) is 75.1 Å². The van der Waals surface area contributed by atoms with Crippen molar-refractivity contribution in [2.24, 2.45) is 5.92 Å². The predicted octanol–water partition coefficient (Wildman–Crippen LogP) is 0.675. The van der Waals surface area contributed by atoms with Crippen molar-refractivity contribution in [2.75, 3.05) is 0 Å². The van der Waals surface area contributed by atoms with Crippen molar-refractivity contribution in [1.82, 2.24) is 15.5 Å². The highest BCUT2D eigenvalue weighted by Crippen LogP contribution is 2.02. The lowest BCUT2D eigenvalue weighted by Crippen LogP contribution is -2.40. The van der Waals surface area contributed by atoms with Crippen molar-refractivity contribution in [3.05, 3.63) is 24.0 Å². The molecule has 0 saturated carbocycles. The van der Waals surface area contributed by atoms with E-state index in [4.69, 9.17) is 5.11 Å². The molecule has 5 heteroatoms. The lowest BCUT2D eigenvalue weighted by molar-refractivity contribution is -0.140. The molecule has 2 N–H and O–H groups in total. The Kier molecular flexibility index (Phi) is 4.17. The van der Waals surface area contributed by atoms with Crippen LogP contribution in [0.1, 0.15) is 19.5 Å². The van der Waals surface area contributed by atoms with E-state index in [0.717, 1.165) is 5.69 Å². The van der Waals surface area contributed by atoms with Crippen molar-refractivity contribution in [1.29, 1.82) is 0 Å². The molecule has 0 radical (unpaired) electrons. The standard InChI is InChI=1S/C10H15N3O2/c1-7(2)9(10(14)15)11-6-8-4-3-5-12-13-8/h3-5,7,9,11H,6H2,1-2H3,(H,14,15). The third-order valence-corrected chi connectivity index (χ3v) is 2.06. The summed E-state index contributed by atoms with van der Waals surface area (Å²) >= 11 is 0. The van der Waals surface area contributed by atoms with Gasteiger partial charge in [-0.05, 0) is 18.1 Å². The third kappa shape index (κ3) is 3.63. The molecule has 1 rings (SSSR count). The second-order valence-electron chi connectivity index (χ2n) is 3.66. The van der Waals surface area contributed by atoms with Crippen molar-refractivity contribution < 1.29 is 9.90 Å². The minimum absolute atomic E-state index is 0.0409. The van der Waals surface area contributed by atoms with Gasteiger partial charge in [0.25, 0.3) is 0 Å². The average Bonchev–Trinajstić information content (AvgIpc) is 2.18. The molecule has 0 bridgehead atoms. The maximum absolute atomic E-state index is 10.9. The quantitative estimate of drug-likeness (QED) is 0.745. The van der Waals surface area contributed by atoms with Crippen LogP contribution >= 0.6 is 0 Å². The lowest BCUT2D eigenvalue weighted by atomic mass is 10.0. The van der Waals surface area contributed by atoms with E-state index in [0.29, 0.717) is 6.54 Å². The molecule has 1 unspecified atom stereocenters. The summed E-state index contributed by atoms with van der Waals surface area (Å²) in [4.78, 5) is 10.9.